The average Bonchev–Trinajstić information content (AvgIpc) is 2.61. The first-order valence-corrected chi connectivity index (χ1v) is 8.22. The molecule has 3 saturated heterocycles. The second-order valence-corrected chi connectivity index (χ2v) is 6.29. The predicted octanol–water partition coefficient (Wildman–Crippen LogP) is 3.05. The molecule has 0 amide bonds. The molecular weight excluding hydrogens is 292 g/mol. The van der Waals surface area contributed by atoms with Gasteiger partial charge in [0.15, 0.2) is 0 Å². The lowest BCUT2D eigenvalue weighted by atomic mass is 9.83. The Balaban J connectivity index is 1.67. The van der Waals surface area contributed by atoms with E-state index in [4.69, 9.17) is 18.9 Å². The van der Waals surface area contributed by atoms with Gasteiger partial charge >= 0.3 is 5.97 Å². The highest BCUT2D eigenvalue weighted by atomic mass is 16.9. The Labute approximate surface area is 138 Å². The number of hydrogen-bond acceptors (Lipinski definition) is 4. The van der Waals surface area contributed by atoms with Crippen LogP contribution in [-0.2, 0) is 24.9 Å². The standard InChI is InChI=1S/C19H24O4/c1-3-11-18-13-21-19(22-14-18,23-15-18)17-9-7-16(8-10-17)6-4-5-12-20-2/h7-10H,3,5,11-15H2,1-2H3. The lowest BCUT2D eigenvalue weighted by Gasteiger charge is -2.51. The molecule has 0 radical (unpaired) electrons. The third-order valence-corrected chi connectivity index (χ3v) is 4.39. The molecule has 1 aromatic rings. The maximum Gasteiger partial charge on any atom is 0.312 e. The van der Waals surface area contributed by atoms with E-state index >= 15 is 0 Å². The van der Waals surface area contributed by atoms with Gasteiger partial charge in [0, 0.05) is 30.1 Å². The Morgan fingerprint density at radius 1 is 1.09 bits per heavy atom. The van der Waals surface area contributed by atoms with Crippen LogP contribution in [0.15, 0.2) is 24.3 Å². The monoisotopic (exact) mass is 316 g/mol. The second kappa shape index (κ2) is 7.02. The molecule has 0 aromatic heterocycles. The SMILES string of the molecule is CCCC12COC(c3ccc(C#CCCOC)cc3)(OC1)OC2. The van der Waals surface area contributed by atoms with Crippen molar-refractivity contribution in [1.82, 2.24) is 0 Å². The second-order valence-electron chi connectivity index (χ2n) is 6.29. The van der Waals surface area contributed by atoms with Gasteiger partial charge in [-0.3, -0.25) is 0 Å². The Hall–Kier alpha value is -1.38. The maximum absolute atomic E-state index is 5.96. The molecule has 4 heteroatoms. The summed E-state index contributed by atoms with van der Waals surface area (Å²) in [6.45, 7) is 4.92. The highest BCUT2D eigenvalue weighted by Crippen LogP contribution is 2.46. The smallest absolute Gasteiger partial charge is 0.312 e. The summed E-state index contributed by atoms with van der Waals surface area (Å²) < 4.78 is 22.9. The molecule has 0 atom stereocenters. The van der Waals surface area contributed by atoms with Crippen LogP contribution in [0.2, 0.25) is 0 Å². The summed E-state index contributed by atoms with van der Waals surface area (Å²) in [6.07, 6.45) is 2.91. The minimum atomic E-state index is -1.03. The molecule has 0 aliphatic carbocycles. The normalized spacial score (nSPS) is 29.1. The maximum atomic E-state index is 5.96. The summed E-state index contributed by atoms with van der Waals surface area (Å²) in [5.41, 5.74) is 1.89. The van der Waals surface area contributed by atoms with Crippen molar-refractivity contribution in [2.24, 2.45) is 5.41 Å². The Kier molecular flexibility index (Phi) is 5.03. The summed E-state index contributed by atoms with van der Waals surface area (Å²) in [5, 5.41) is 0. The van der Waals surface area contributed by atoms with Gasteiger partial charge in [0.25, 0.3) is 0 Å². The number of benzene rings is 1. The van der Waals surface area contributed by atoms with Gasteiger partial charge in [-0.2, -0.15) is 0 Å². The zero-order chi connectivity index (χ0) is 16.2. The molecule has 2 bridgehead atoms. The van der Waals surface area contributed by atoms with Crippen LogP contribution in [0.25, 0.3) is 0 Å². The fourth-order valence-electron chi connectivity index (χ4n) is 3.07. The minimum Gasteiger partial charge on any atom is -0.384 e. The van der Waals surface area contributed by atoms with Crippen molar-refractivity contribution < 1.29 is 18.9 Å². The van der Waals surface area contributed by atoms with Gasteiger partial charge in [-0.1, -0.05) is 25.2 Å². The van der Waals surface area contributed by atoms with Crippen molar-refractivity contribution >= 4 is 0 Å². The number of rotatable bonds is 5. The Morgan fingerprint density at radius 2 is 1.74 bits per heavy atom. The van der Waals surface area contributed by atoms with Crippen LogP contribution >= 0.6 is 0 Å². The van der Waals surface area contributed by atoms with E-state index in [0.29, 0.717) is 26.4 Å². The number of hydrogen-bond donors (Lipinski definition) is 0. The van der Waals surface area contributed by atoms with Crippen molar-refractivity contribution in [1.29, 1.82) is 0 Å². The first kappa shape index (κ1) is 16.5. The van der Waals surface area contributed by atoms with Crippen molar-refractivity contribution in [3.8, 4) is 11.8 Å². The molecule has 3 heterocycles. The van der Waals surface area contributed by atoms with Gasteiger partial charge in [0.2, 0.25) is 0 Å². The van der Waals surface area contributed by atoms with Crippen molar-refractivity contribution in [2.75, 3.05) is 33.5 Å². The minimum absolute atomic E-state index is 0.0310. The third kappa shape index (κ3) is 3.44. The highest BCUT2D eigenvalue weighted by molar-refractivity contribution is 5.37. The van der Waals surface area contributed by atoms with E-state index in [0.717, 1.165) is 30.4 Å². The van der Waals surface area contributed by atoms with E-state index in [9.17, 15) is 0 Å². The molecule has 124 valence electrons. The summed E-state index contributed by atoms with van der Waals surface area (Å²) in [5.74, 6) is 5.17. The van der Waals surface area contributed by atoms with Crippen LogP contribution in [0.4, 0.5) is 0 Å². The van der Waals surface area contributed by atoms with Crippen LogP contribution in [0, 0.1) is 17.3 Å². The van der Waals surface area contributed by atoms with Gasteiger partial charge < -0.3 is 18.9 Å². The van der Waals surface area contributed by atoms with E-state index < -0.39 is 5.97 Å². The summed E-state index contributed by atoms with van der Waals surface area (Å²) in [7, 11) is 1.68. The van der Waals surface area contributed by atoms with E-state index in [1.807, 2.05) is 24.3 Å². The predicted molar refractivity (Wildman–Crippen MR) is 86.7 cm³/mol. The van der Waals surface area contributed by atoms with Gasteiger partial charge in [-0.05, 0) is 30.7 Å². The van der Waals surface area contributed by atoms with Gasteiger partial charge in [0.05, 0.1) is 26.4 Å². The third-order valence-electron chi connectivity index (χ3n) is 4.39. The average molecular weight is 316 g/mol. The van der Waals surface area contributed by atoms with Gasteiger partial charge in [-0.15, -0.1) is 0 Å². The molecule has 23 heavy (non-hydrogen) atoms. The topological polar surface area (TPSA) is 36.9 Å². The summed E-state index contributed by atoms with van der Waals surface area (Å²) in [6, 6.07) is 7.89. The summed E-state index contributed by atoms with van der Waals surface area (Å²) >= 11 is 0. The largest absolute Gasteiger partial charge is 0.384 e. The number of ether oxygens (including phenoxy) is 4. The molecule has 0 saturated carbocycles. The molecule has 0 unspecified atom stereocenters. The molecule has 4 nitrogen and oxygen atoms in total. The zero-order valence-electron chi connectivity index (χ0n) is 13.9. The van der Waals surface area contributed by atoms with E-state index in [2.05, 4.69) is 18.8 Å². The molecule has 0 spiro atoms. The van der Waals surface area contributed by atoms with Crippen molar-refractivity contribution in [3.05, 3.63) is 35.4 Å². The first-order valence-electron chi connectivity index (χ1n) is 8.22. The number of fused-ring (bicyclic) bond motifs is 3. The first-order chi connectivity index (χ1) is 11.2. The number of methoxy groups -OCH3 is 1. The van der Waals surface area contributed by atoms with Gasteiger partial charge in [0.1, 0.15) is 0 Å². The van der Waals surface area contributed by atoms with Crippen LogP contribution in [0.5, 0.6) is 0 Å². The zero-order valence-corrected chi connectivity index (χ0v) is 13.9. The molecule has 3 aliphatic heterocycles. The molecule has 0 N–H and O–H groups in total. The van der Waals surface area contributed by atoms with Crippen LogP contribution in [0.3, 0.4) is 0 Å². The van der Waals surface area contributed by atoms with E-state index in [-0.39, 0.29) is 5.41 Å². The quantitative estimate of drug-likeness (QED) is 0.618. The molecule has 4 rings (SSSR count). The van der Waals surface area contributed by atoms with Gasteiger partial charge in [-0.25, -0.2) is 0 Å². The van der Waals surface area contributed by atoms with Crippen molar-refractivity contribution in [2.45, 2.75) is 32.2 Å². The van der Waals surface area contributed by atoms with E-state index in [1.54, 1.807) is 7.11 Å². The van der Waals surface area contributed by atoms with Crippen molar-refractivity contribution in [3.63, 3.8) is 0 Å². The summed E-state index contributed by atoms with van der Waals surface area (Å²) in [4.78, 5) is 0. The lowest BCUT2D eigenvalue weighted by Crippen LogP contribution is -2.58. The molecule has 3 aliphatic rings. The van der Waals surface area contributed by atoms with E-state index in [1.165, 1.54) is 0 Å². The van der Waals surface area contributed by atoms with Crippen LogP contribution < -0.4 is 0 Å². The molecule has 1 aromatic carbocycles. The molecule has 3 fully saturated rings. The fourth-order valence-corrected chi connectivity index (χ4v) is 3.07. The fraction of sp³-hybridized carbons (Fsp3) is 0.579. The lowest BCUT2D eigenvalue weighted by molar-refractivity contribution is -0.480. The highest BCUT2D eigenvalue weighted by Gasteiger charge is 2.53. The Bertz CT molecular complexity index is 557. The Morgan fingerprint density at radius 3 is 2.30 bits per heavy atom. The molecular formula is C19H24O4. The van der Waals surface area contributed by atoms with Crippen LogP contribution in [0.1, 0.15) is 37.3 Å². The van der Waals surface area contributed by atoms with Crippen LogP contribution in [-0.4, -0.2) is 33.5 Å².